The minimum Gasteiger partial charge on any atom is -0.310 e. The third-order valence-electron chi connectivity index (χ3n) is 2.72. The van der Waals surface area contributed by atoms with E-state index < -0.39 is 0 Å². The molecule has 78 valence electrons. The van der Waals surface area contributed by atoms with Gasteiger partial charge in [-0.05, 0) is 18.2 Å². The summed E-state index contributed by atoms with van der Waals surface area (Å²) in [7, 11) is 0. The maximum Gasteiger partial charge on any atom is 0.158 e. The first-order valence-electron chi connectivity index (χ1n) is 5.20. The van der Waals surface area contributed by atoms with Crippen LogP contribution in [0.4, 0.5) is 0 Å². The van der Waals surface area contributed by atoms with Crippen LogP contribution in [0.25, 0.3) is 11.0 Å². The number of hydrogen-bond donors (Lipinski definition) is 0. The number of fused-ring (bicyclic) bond motifs is 1. The average Bonchev–Trinajstić information content (AvgIpc) is 2.74. The SMILES string of the molecule is c1cnc2c(c1)ccn2N1CCSCC1. The van der Waals surface area contributed by atoms with Crippen molar-refractivity contribution in [2.45, 2.75) is 0 Å². The van der Waals surface area contributed by atoms with Crippen LogP contribution in [0.15, 0.2) is 30.6 Å². The lowest BCUT2D eigenvalue weighted by molar-refractivity contribution is 0.632. The molecular weight excluding hydrogens is 206 g/mol. The van der Waals surface area contributed by atoms with Gasteiger partial charge in [0.2, 0.25) is 0 Å². The predicted octanol–water partition coefficient (Wildman–Crippen LogP) is 1.72. The number of pyridine rings is 1. The Labute approximate surface area is 93.1 Å². The van der Waals surface area contributed by atoms with Crippen LogP contribution in [-0.4, -0.2) is 34.3 Å². The highest BCUT2D eigenvalue weighted by atomic mass is 32.2. The molecule has 2 aromatic heterocycles. The van der Waals surface area contributed by atoms with Crippen molar-refractivity contribution in [1.82, 2.24) is 9.66 Å². The van der Waals surface area contributed by atoms with Crippen LogP contribution in [0.1, 0.15) is 0 Å². The lowest BCUT2D eigenvalue weighted by atomic mass is 10.3. The number of nitrogens with zero attached hydrogens (tertiary/aromatic N) is 3. The van der Waals surface area contributed by atoms with Crippen molar-refractivity contribution in [3.05, 3.63) is 30.6 Å². The Morgan fingerprint density at radius 2 is 2.07 bits per heavy atom. The Kier molecular flexibility index (Phi) is 2.29. The third-order valence-corrected chi connectivity index (χ3v) is 3.66. The van der Waals surface area contributed by atoms with Gasteiger partial charge in [0, 0.05) is 42.4 Å². The molecule has 1 aliphatic heterocycles. The second-order valence-corrected chi connectivity index (χ2v) is 4.87. The summed E-state index contributed by atoms with van der Waals surface area (Å²) in [5.74, 6) is 2.43. The summed E-state index contributed by atoms with van der Waals surface area (Å²) in [6.45, 7) is 2.23. The number of hydrogen-bond acceptors (Lipinski definition) is 3. The fraction of sp³-hybridized carbons (Fsp3) is 0.364. The van der Waals surface area contributed by atoms with Crippen molar-refractivity contribution >= 4 is 22.8 Å². The van der Waals surface area contributed by atoms with Gasteiger partial charge in [-0.25, -0.2) is 9.66 Å². The van der Waals surface area contributed by atoms with Crippen molar-refractivity contribution in [3.63, 3.8) is 0 Å². The number of aromatic nitrogens is 2. The van der Waals surface area contributed by atoms with Gasteiger partial charge in [0.15, 0.2) is 5.65 Å². The summed E-state index contributed by atoms with van der Waals surface area (Å²) in [4.78, 5) is 4.43. The summed E-state index contributed by atoms with van der Waals surface area (Å²) < 4.78 is 2.19. The zero-order chi connectivity index (χ0) is 10.1. The molecule has 0 aromatic carbocycles. The zero-order valence-electron chi connectivity index (χ0n) is 8.47. The van der Waals surface area contributed by atoms with Gasteiger partial charge in [-0.1, -0.05) is 0 Å². The van der Waals surface area contributed by atoms with Crippen LogP contribution < -0.4 is 5.01 Å². The van der Waals surface area contributed by atoms with Crippen LogP contribution >= 0.6 is 11.8 Å². The maximum atomic E-state index is 4.43. The Balaban J connectivity index is 2.02. The molecule has 0 saturated carbocycles. The number of rotatable bonds is 1. The molecule has 0 bridgehead atoms. The van der Waals surface area contributed by atoms with Gasteiger partial charge < -0.3 is 5.01 Å². The molecule has 4 heteroatoms. The van der Waals surface area contributed by atoms with Crippen molar-refractivity contribution in [3.8, 4) is 0 Å². The molecule has 0 atom stereocenters. The average molecular weight is 219 g/mol. The topological polar surface area (TPSA) is 21.1 Å². The van der Waals surface area contributed by atoms with E-state index in [4.69, 9.17) is 0 Å². The third kappa shape index (κ3) is 1.59. The first-order valence-corrected chi connectivity index (χ1v) is 6.36. The van der Waals surface area contributed by atoms with E-state index in [1.807, 2.05) is 24.0 Å². The molecule has 1 aliphatic rings. The fourth-order valence-electron chi connectivity index (χ4n) is 1.95. The molecule has 0 aliphatic carbocycles. The Morgan fingerprint density at radius 1 is 1.20 bits per heavy atom. The van der Waals surface area contributed by atoms with Gasteiger partial charge in [0.05, 0.1) is 0 Å². The molecule has 15 heavy (non-hydrogen) atoms. The minimum absolute atomic E-state index is 1.07. The van der Waals surface area contributed by atoms with Gasteiger partial charge in [-0.15, -0.1) is 0 Å². The van der Waals surface area contributed by atoms with Crippen LogP contribution in [0.5, 0.6) is 0 Å². The summed E-state index contributed by atoms with van der Waals surface area (Å²) >= 11 is 2.03. The molecule has 3 heterocycles. The molecule has 0 spiro atoms. The summed E-state index contributed by atoms with van der Waals surface area (Å²) in [5, 5.41) is 3.59. The molecule has 3 rings (SSSR count). The molecule has 3 nitrogen and oxygen atoms in total. The van der Waals surface area contributed by atoms with Crippen molar-refractivity contribution in [2.75, 3.05) is 29.6 Å². The fourth-order valence-corrected chi connectivity index (χ4v) is 2.83. The Hall–Kier alpha value is -1.16. The quantitative estimate of drug-likeness (QED) is 0.728. The maximum absolute atomic E-state index is 4.43. The normalized spacial score (nSPS) is 17.2. The molecule has 1 saturated heterocycles. The Morgan fingerprint density at radius 3 is 2.93 bits per heavy atom. The molecule has 1 fully saturated rings. The largest absolute Gasteiger partial charge is 0.310 e. The van der Waals surface area contributed by atoms with Gasteiger partial charge >= 0.3 is 0 Å². The zero-order valence-corrected chi connectivity index (χ0v) is 9.28. The van der Waals surface area contributed by atoms with Gasteiger partial charge in [-0.3, -0.25) is 0 Å². The molecule has 0 radical (unpaired) electrons. The van der Waals surface area contributed by atoms with E-state index in [1.165, 1.54) is 16.9 Å². The highest BCUT2D eigenvalue weighted by Crippen LogP contribution is 2.15. The molecule has 0 unspecified atom stereocenters. The summed E-state index contributed by atoms with van der Waals surface area (Å²) in [6.07, 6.45) is 3.98. The van der Waals surface area contributed by atoms with Crippen molar-refractivity contribution in [2.24, 2.45) is 0 Å². The highest BCUT2D eigenvalue weighted by molar-refractivity contribution is 7.99. The highest BCUT2D eigenvalue weighted by Gasteiger charge is 2.12. The second-order valence-electron chi connectivity index (χ2n) is 3.64. The van der Waals surface area contributed by atoms with E-state index in [1.54, 1.807) is 0 Å². The van der Waals surface area contributed by atoms with E-state index >= 15 is 0 Å². The van der Waals surface area contributed by atoms with E-state index in [-0.39, 0.29) is 0 Å². The molecule has 2 aromatic rings. The minimum atomic E-state index is 1.07. The van der Waals surface area contributed by atoms with Gasteiger partial charge in [0.25, 0.3) is 0 Å². The van der Waals surface area contributed by atoms with Crippen LogP contribution in [0.2, 0.25) is 0 Å². The van der Waals surface area contributed by atoms with Crippen molar-refractivity contribution in [1.29, 1.82) is 0 Å². The monoisotopic (exact) mass is 219 g/mol. The summed E-state index contributed by atoms with van der Waals surface area (Å²) in [6, 6.07) is 6.22. The van der Waals surface area contributed by atoms with E-state index in [2.05, 4.69) is 33.0 Å². The molecule has 0 amide bonds. The molecule has 0 N–H and O–H groups in total. The van der Waals surface area contributed by atoms with E-state index in [0.717, 1.165) is 18.7 Å². The second kappa shape index (κ2) is 3.77. The molecular formula is C11H13N3S. The van der Waals surface area contributed by atoms with Crippen LogP contribution in [0.3, 0.4) is 0 Å². The Bertz CT molecular complexity index is 460. The van der Waals surface area contributed by atoms with E-state index in [9.17, 15) is 0 Å². The van der Waals surface area contributed by atoms with Gasteiger partial charge in [0.1, 0.15) is 0 Å². The van der Waals surface area contributed by atoms with Crippen LogP contribution in [0, 0.1) is 0 Å². The van der Waals surface area contributed by atoms with Gasteiger partial charge in [-0.2, -0.15) is 11.8 Å². The lowest BCUT2D eigenvalue weighted by Crippen LogP contribution is -2.40. The predicted molar refractivity (Wildman–Crippen MR) is 65.0 cm³/mol. The first-order chi connectivity index (χ1) is 7.45. The summed E-state index contributed by atoms with van der Waals surface area (Å²) in [5.41, 5.74) is 1.07. The first kappa shape index (κ1) is 9.09. The lowest BCUT2D eigenvalue weighted by Gasteiger charge is -2.29. The standard InChI is InChI=1S/C11H13N3S/c1-2-10-3-5-14(11(10)12-4-1)13-6-8-15-9-7-13/h1-5H,6-9H2. The van der Waals surface area contributed by atoms with Crippen LogP contribution in [-0.2, 0) is 0 Å². The van der Waals surface area contributed by atoms with E-state index in [0.29, 0.717) is 0 Å². The number of thioether (sulfide) groups is 1. The smallest absolute Gasteiger partial charge is 0.158 e. The van der Waals surface area contributed by atoms with Crippen molar-refractivity contribution < 1.29 is 0 Å².